The van der Waals surface area contributed by atoms with Crippen LogP contribution in [0, 0.1) is 0 Å². The number of aromatic nitrogens is 5. The summed E-state index contributed by atoms with van der Waals surface area (Å²) in [7, 11) is 3.18. The molecule has 10 nitrogen and oxygen atoms in total. The maximum Gasteiger partial charge on any atom is 0.271 e. The number of hydrogen-bond acceptors (Lipinski definition) is 8. The molecule has 32 heavy (non-hydrogen) atoms. The lowest BCUT2D eigenvalue weighted by molar-refractivity contribution is 0.0563. The van der Waals surface area contributed by atoms with E-state index in [0.717, 1.165) is 11.1 Å². The third kappa shape index (κ3) is 3.55. The van der Waals surface area contributed by atoms with Crippen molar-refractivity contribution in [2.75, 3.05) is 27.3 Å². The Balaban J connectivity index is 1.27. The third-order valence-corrected chi connectivity index (χ3v) is 5.39. The first kappa shape index (κ1) is 19.7. The van der Waals surface area contributed by atoms with E-state index < -0.39 is 0 Å². The summed E-state index contributed by atoms with van der Waals surface area (Å²) >= 11 is 0. The standard InChI is InChI=1S/C22H20N6O4/c1-30-15-3-4-19(31-2)16(9-15)17-10-18(26-25-17)22(29)28-11-14(12-28)21-24-20(27-32-21)13-5-7-23-8-6-13/h3-10,14H,11-12H2,1-2H3,(H,25,26). The van der Waals surface area contributed by atoms with Crippen LogP contribution in [0.3, 0.4) is 0 Å². The van der Waals surface area contributed by atoms with Crippen LogP contribution in [-0.2, 0) is 0 Å². The number of likely N-dealkylation sites (tertiary alicyclic amines) is 1. The monoisotopic (exact) mass is 432 g/mol. The van der Waals surface area contributed by atoms with Crippen molar-refractivity contribution in [3.63, 3.8) is 0 Å². The van der Waals surface area contributed by atoms with E-state index in [1.807, 2.05) is 18.2 Å². The number of H-pyrrole nitrogens is 1. The molecule has 0 spiro atoms. The van der Waals surface area contributed by atoms with Gasteiger partial charge in [-0.3, -0.25) is 14.9 Å². The topological polar surface area (TPSA) is 119 Å². The van der Waals surface area contributed by atoms with Gasteiger partial charge in [-0.2, -0.15) is 10.1 Å². The lowest BCUT2D eigenvalue weighted by Gasteiger charge is -2.36. The van der Waals surface area contributed by atoms with E-state index in [0.29, 0.717) is 47.7 Å². The highest BCUT2D eigenvalue weighted by Gasteiger charge is 2.36. The first-order valence-electron chi connectivity index (χ1n) is 9.97. The van der Waals surface area contributed by atoms with Gasteiger partial charge in [-0.15, -0.1) is 0 Å². The van der Waals surface area contributed by atoms with Gasteiger partial charge in [-0.1, -0.05) is 5.16 Å². The summed E-state index contributed by atoms with van der Waals surface area (Å²) < 4.78 is 16.1. The minimum absolute atomic E-state index is 0.00269. The smallest absolute Gasteiger partial charge is 0.271 e. The molecule has 1 aliphatic rings. The number of ether oxygens (including phenoxy) is 2. The van der Waals surface area contributed by atoms with E-state index >= 15 is 0 Å². The Morgan fingerprint density at radius 1 is 1.12 bits per heavy atom. The summed E-state index contributed by atoms with van der Waals surface area (Å²) in [6, 6.07) is 10.8. The summed E-state index contributed by atoms with van der Waals surface area (Å²) in [5, 5.41) is 11.1. The number of hydrogen-bond donors (Lipinski definition) is 1. The normalized spacial score (nSPS) is 13.6. The van der Waals surface area contributed by atoms with E-state index in [9.17, 15) is 4.79 Å². The molecule has 1 N–H and O–H groups in total. The average molecular weight is 432 g/mol. The lowest BCUT2D eigenvalue weighted by Crippen LogP contribution is -2.48. The van der Waals surface area contributed by atoms with Gasteiger partial charge in [0, 0.05) is 36.6 Å². The molecule has 1 fully saturated rings. The van der Waals surface area contributed by atoms with Crippen LogP contribution in [0.25, 0.3) is 22.6 Å². The van der Waals surface area contributed by atoms with Crippen LogP contribution in [0.5, 0.6) is 11.5 Å². The van der Waals surface area contributed by atoms with E-state index in [1.54, 1.807) is 49.7 Å². The average Bonchev–Trinajstić information content (AvgIpc) is 3.48. The van der Waals surface area contributed by atoms with Crippen LogP contribution < -0.4 is 9.47 Å². The van der Waals surface area contributed by atoms with Gasteiger partial charge >= 0.3 is 0 Å². The Kier molecular flexibility index (Phi) is 5.02. The fraction of sp³-hybridized carbons (Fsp3) is 0.227. The Bertz CT molecular complexity index is 1250. The minimum Gasteiger partial charge on any atom is -0.497 e. The Hall–Kier alpha value is -4.21. The quantitative estimate of drug-likeness (QED) is 0.494. The van der Waals surface area contributed by atoms with Crippen LogP contribution in [-0.4, -0.2) is 63.4 Å². The zero-order valence-electron chi connectivity index (χ0n) is 17.5. The third-order valence-electron chi connectivity index (χ3n) is 5.39. The number of benzene rings is 1. The first-order chi connectivity index (χ1) is 15.7. The van der Waals surface area contributed by atoms with Gasteiger partial charge in [0.15, 0.2) is 0 Å². The van der Waals surface area contributed by atoms with E-state index in [-0.39, 0.29) is 11.8 Å². The Labute approximate surface area is 183 Å². The summed E-state index contributed by atoms with van der Waals surface area (Å²) in [5.41, 5.74) is 2.56. The highest BCUT2D eigenvalue weighted by Crippen LogP contribution is 2.33. The fourth-order valence-electron chi connectivity index (χ4n) is 3.57. The molecule has 1 saturated heterocycles. The molecule has 10 heteroatoms. The number of aromatic amines is 1. The van der Waals surface area contributed by atoms with E-state index in [1.165, 1.54) is 0 Å². The zero-order valence-corrected chi connectivity index (χ0v) is 17.5. The summed E-state index contributed by atoms with van der Waals surface area (Å²) in [6.45, 7) is 0.987. The predicted molar refractivity (Wildman–Crippen MR) is 113 cm³/mol. The van der Waals surface area contributed by atoms with Gasteiger partial charge in [-0.05, 0) is 36.4 Å². The number of nitrogens with one attached hydrogen (secondary N) is 1. The minimum atomic E-state index is -0.143. The molecule has 3 aromatic heterocycles. The molecule has 0 radical (unpaired) electrons. The van der Waals surface area contributed by atoms with Gasteiger partial charge in [-0.25, -0.2) is 0 Å². The second-order valence-electron chi connectivity index (χ2n) is 7.33. The number of nitrogens with zero attached hydrogens (tertiary/aromatic N) is 5. The highest BCUT2D eigenvalue weighted by atomic mass is 16.5. The molecular weight excluding hydrogens is 412 g/mol. The Morgan fingerprint density at radius 2 is 1.94 bits per heavy atom. The molecule has 0 bridgehead atoms. The van der Waals surface area contributed by atoms with Crippen LogP contribution in [0.2, 0.25) is 0 Å². The van der Waals surface area contributed by atoms with Crippen LogP contribution >= 0.6 is 0 Å². The molecule has 162 valence electrons. The van der Waals surface area contributed by atoms with Crippen molar-refractivity contribution in [3.05, 3.63) is 60.4 Å². The summed E-state index contributed by atoms with van der Waals surface area (Å²) in [4.78, 5) is 23.0. The van der Waals surface area contributed by atoms with Crippen molar-refractivity contribution < 1.29 is 18.8 Å². The molecular formula is C22H20N6O4. The molecule has 0 unspecified atom stereocenters. The molecule has 1 aromatic carbocycles. The van der Waals surface area contributed by atoms with Crippen molar-refractivity contribution >= 4 is 5.91 Å². The number of pyridine rings is 1. The molecule has 5 rings (SSSR count). The second kappa shape index (κ2) is 8.14. The Morgan fingerprint density at radius 3 is 2.69 bits per heavy atom. The molecule has 4 aromatic rings. The molecule has 1 amide bonds. The van der Waals surface area contributed by atoms with Gasteiger partial charge in [0.2, 0.25) is 11.7 Å². The van der Waals surface area contributed by atoms with E-state index in [4.69, 9.17) is 14.0 Å². The van der Waals surface area contributed by atoms with Crippen molar-refractivity contribution in [1.82, 2.24) is 30.2 Å². The van der Waals surface area contributed by atoms with Crippen molar-refractivity contribution in [2.45, 2.75) is 5.92 Å². The highest BCUT2D eigenvalue weighted by molar-refractivity contribution is 5.94. The largest absolute Gasteiger partial charge is 0.497 e. The maximum atomic E-state index is 12.9. The van der Waals surface area contributed by atoms with Gasteiger partial charge in [0.05, 0.1) is 25.8 Å². The van der Waals surface area contributed by atoms with Crippen LogP contribution in [0.4, 0.5) is 0 Å². The van der Waals surface area contributed by atoms with Gasteiger partial charge in [0.1, 0.15) is 17.2 Å². The zero-order chi connectivity index (χ0) is 22.1. The number of methoxy groups -OCH3 is 2. The number of rotatable bonds is 6. The molecule has 4 heterocycles. The number of carbonyl (C=O) groups excluding carboxylic acids is 1. The number of amides is 1. The van der Waals surface area contributed by atoms with E-state index in [2.05, 4.69) is 25.3 Å². The summed E-state index contributed by atoms with van der Waals surface area (Å²) in [5.74, 6) is 2.21. The second-order valence-corrected chi connectivity index (χ2v) is 7.33. The van der Waals surface area contributed by atoms with Crippen molar-refractivity contribution in [1.29, 1.82) is 0 Å². The van der Waals surface area contributed by atoms with Gasteiger partial charge < -0.3 is 18.9 Å². The first-order valence-corrected chi connectivity index (χ1v) is 9.97. The maximum absolute atomic E-state index is 12.9. The fourth-order valence-corrected chi connectivity index (χ4v) is 3.57. The van der Waals surface area contributed by atoms with Gasteiger partial charge in [0.25, 0.3) is 5.91 Å². The molecule has 1 aliphatic heterocycles. The lowest BCUT2D eigenvalue weighted by atomic mass is 9.99. The summed E-state index contributed by atoms with van der Waals surface area (Å²) in [6.07, 6.45) is 3.35. The van der Waals surface area contributed by atoms with Crippen molar-refractivity contribution in [3.8, 4) is 34.1 Å². The van der Waals surface area contributed by atoms with Crippen LogP contribution in [0.1, 0.15) is 22.3 Å². The molecule has 0 atom stereocenters. The number of carbonyl (C=O) groups is 1. The predicted octanol–water partition coefficient (Wildman–Crippen LogP) is 2.78. The van der Waals surface area contributed by atoms with Crippen molar-refractivity contribution in [2.24, 2.45) is 0 Å². The van der Waals surface area contributed by atoms with Crippen LogP contribution in [0.15, 0.2) is 53.3 Å². The SMILES string of the molecule is COc1ccc(OC)c(-c2cc(C(=O)N3CC(c4nc(-c5ccncc5)no4)C3)[nH]n2)c1. The molecule has 0 saturated carbocycles. The molecule has 0 aliphatic carbocycles.